The molecule has 35 heavy (non-hydrogen) atoms. The second-order valence-corrected chi connectivity index (χ2v) is 9.57. The molecule has 2 fully saturated rings. The van der Waals surface area contributed by atoms with Crippen molar-refractivity contribution in [1.29, 1.82) is 0 Å². The molecule has 8 heteroatoms. The summed E-state index contributed by atoms with van der Waals surface area (Å²) < 4.78 is 11.1. The molecule has 8 nitrogen and oxygen atoms in total. The number of carbonyl (C=O) groups is 3. The number of hydrogen-bond donors (Lipinski definition) is 2. The average Bonchev–Trinajstić information content (AvgIpc) is 3.44. The molecule has 2 aromatic carbocycles. The van der Waals surface area contributed by atoms with E-state index in [1.807, 2.05) is 24.3 Å². The Labute approximate surface area is 204 Å². The lowest BCUT2D eigenvalue weighted by Crippen LogP contribution is -2.57. The molecular weight excluding hydrogens is 448 g/mol. The molecule has 2 N–H and O–H groups in total. The third kappa shape index (κ3) is 4.50. The number of nitrogens with one attached hydrogen (secondary N) is 1. The number of hydrogen-bond acceptors (Lipinski definition) is 5. The van der Waals surface area contributed by atoms with E-state index in [0.717, 1.165) is 11.1 Å². The number of carboxylic acids is 1. The number of benzene rings is 2. The number of fused-ring (bicyclic) bond motifs is 3. The van der Waals surface area contributed by atoms with Crippen LogP contribution < -0.4 is 5.32 Å². The van der Waals surface area contributed by atoms with Gasteiger partial charge in [-0.2, -0.15) is 0 Å². The highest BCUT2D eigenvalue weighted by Crippen LogP contribution is 2.44. The predicted octanol–water partition coefficient (Wildman–Crippen LogP) is 3.39. The summed E-state index contributed by atoms with van der Waals surface area (Å²) in [5, 5.41) is 12.5. The zero-order chi connectivity index (χ0) is 24.5. The van der Waals surface area contributed by atoms with Gasteiger partial charge in [-0.05, 0) is 48.4 Å². The van der Waals surface area contributed by atoms with Gasteiger partial charge in [-0.25, -0.2) is 9.59 Å². The molecule has 1 heterocycles. The Morgan fingerprint density at radius 3 is 2.37 bits per heavy atom. The quantitative estimate of drug-likeness (QED) is 0.683. The van der Waals surface area contributed by atoms with Crippen molar-refractivity contribution in [2.45, 2.75) is 50.3 Å². The third-order valence-corrected chi connectivity index (χ3v) is 7.48. The van der Waals surface area contributed by atoms with Gasteiger partial charge in [-0.3, -0.25) is 4.79 Å². The fourth-order valence-corrected chi connectivity index (χ4v) is 5.78. The van der Waals surface area contributed by atoms with Crippen LogP contribution in [0, 0.1) is 5.92 Å². The molecule has 0 spiro atoms. The number of alkyl carbamates (subject to hydrolysis) is 1. The molecule has 184 valence electrons. The Hall–Kier alpha value is -3.39. The van der Waals surface area contributed by atoms with Crippen molar-refractivity contribution in [1.82, 2.24) is 10.2 Å². The van der Waals surface area contributed by atoms with E-state index in [9.17, 15) is 19.5 Å². The smallest absolute Gasteiger partial charge is 0.407 e. The van der Waals surface area contributed by atoms with E-state index in [0.29, 0.717) is 25.9 Å². The van der Waals surface area contributed by atoms with Crippen molar-refractivity contribution in [2.24, 2.45) is 5.92 Å². The topological polar surface area (TPSA) is 105 Å². The monoisotopic (exact) mass is 478 g/mol. The van der Waals surface area contributed by atoms with Crippen LogP contribution in [0.5, 0.6) is 0 Å². The fraction of sp³-hybridized carbons (Fsp3) is 0.444. The van der Waals surface area contributed by atoms with Gasteiger partial charge < -0.3 is 24.8 Å². The highest BCUT2D eigenvalue weighted by atomic mass is 16.5. The summed E-state index contributed by atoms with van der Waals surface area (Å²) in [4.78, 5) is 38.8. The van der Waals surface area contributed by atoms with Crippen molar-refractivity contribution < 1.29 is 29.0 Å². The maximum Gasteiger partial charge on any atom is 0.407 e. The Morgan fingerprint density at radius 1 is 1.06 bits per heavy atom. The average molecular weight is 479 g/mol. The highest BCUT2D eigenvalue weighted by molar-refractivity contribution is 5.86. The van der Waals surface area contributed by atoms with Crippen LogP contribution in [0.25, 0.3) is 11.1 Å². The number of nitrogens with zero attached hydrogens (tertiary/aromatic N) is 1. The predicted molar refractivity (Wildman–Crippen MR) is 128 cm³/mol. The van der Waals surface area contributed by atoms with Gasteiger partial charge in [0.1, 0.15) is 6.61 Å². The summed E-state index contributed by atoms with van der Waals surface area (Å²) in [6.45, 7) is 2.50. The Balaban J connectivity index is 1.16. The van der Waals surface area contributed by atoms with Crippen LogP contribution in [0.2, 0.25) is 0 Å². The first-order valence-corrected chi connectivity index (χ1v) is 12.2. The molecule has 4 atom stereocenters. The molecule has 1 aliphatic heterocycles. The van der Waals surface area contributed by atoms with Crippen LogP contribution in [-0.4, -0.2) is 65.9 Å². The van der Waals surface area contributed by atoms with Crippen LogP contribution in [0.4, 0.5) is 4.79 Å². The lowest BCUT2D eigenvalue weighted by Gasteiger charge is -2.38. The molecule has 2 amide bonds. The number of carboxylic acid groups (broad SMARTS) is 1. The summed E-state index contributed by atoms with van der Waals surface area (Å²) >= 11 is 0. The van der Waals surface area contributed by atoms with Gasteiger partial charge >= 0.3 is 12.1 Å². The highest BCUT2D eigenvalue weighted by Gasteiger charge is 2.42. The summed E-state index contributed by atoms with van der Waals surface area (Å²) in [6.07, 6.45) is 0.680. The van der Waals surface area contributed by atoms with Gasteiger partial charge in [0.25, 0.3) is 0 Å². The molecule has 4 unspecified atom stereocenters. The van der Waals surface area contributed by atoms with Crippen LogP contribution in [0.1, 0.15) is 43.2 Å². The number of rotatable bonds is 5. The Morgan fingerprint density at radius 2 is 1.71 bits per heavy atom. The summed E-state index contributed by atoms with van der Waals surface area (Å²) in [7, 11) is 0. The summed E-state index contributed by atoms with van der Waals surface area (Å²) in [5.41, 5.74) is 4.65. The largest absolute Gasteiger partial charge is 0.480 e. The minimum Gasteiger partial charge on any atom is -0.480 e. The number of morpholine rings is 1. The zero-order valence-corrected chi connectivity index (χ0v) is 19.7. The molecular formula is C27H30N2O6. The van der Waals surface area contributed by atoms with Gasteiger partial charge in [-0.15, -0.1) is 0 Å². The molecule has 2 aromatic rings. The lowest BCUT2D eigenvalue weighted by atomic mass is 9.98. The van der Waals surface area contributed by atoms with Gasteiger partial charge in [0.05, 0.1) is 12.7 Å². The van der Waals surface area contributed by atoms with Crippen molar-refractivity contribution >= 4 is 18.0 Å². The fourth-order valence-electron chi connectivity index (χ4n) is 5.78. The van der Waals surface area contributed by atoms with E-state index < -0.39 is 24.2 Å². The minimum absolute atomic E-state index is 0.0117. The van der Waals surface area contributed by atoms with Gasteiger partial charge in [0.15, 0.2) is 6.04 Å². The maximum absolute atomic E-state index is 13.1. The first-order valence-electron chi connectivity index (χ1n) is 12.2. The Bertz CT molecular complexity index is 1090. The molecule has 2 aliphatic carbocycles. The van der Waals surface area contributed by atoms with E-state index in [-0.39, 0.29) is 36.9 Å². The number of amides is 2. The molecule has 0 radical (unpaired) electrons. The van der Waals surface area contributed by atoms with E-state index in [2.05, 4.69) is 29.6 Å². The third-order valence-electron chi connectivity index (χ3n) is 7.48. The van der Waals surface area contributed by atoms with Crippen molar-refractivity contribution in [2.75, 3.05) is 19.8 Å². The van der Waals surface area contributed by atoms with E-state index >= 15 is 0 Å². The minimum atomic E-state index is -1.06. The molecule has 1 saturated carbocycles. The molecule has 3 aliphatic rings. The zero-order valence-electron chi connectivity index (χ0n) is 19.7. The second-order valence-electron chi connectivity index (χ2n) is 9.57. The van der Waals surface area contributed by atoms with E-state index in [1.54, 1.807) is 6.92 Å². The SMILES string of the molecule is CC1OCCN(C(=O)C2CCC(NC(=O)OCC3c4ccccc4-c4ccccc43)C2)C1C(=O)O. The molecule has 0 aromatic heterocycles. The van der Waals surface area contributed by atoms with Gasteiger partial charge in [-0.1, -0.05) is 48.5 Å². The van der Waals surface area contributed by atoms with Gasteiger partial charge in [0, 0.05) is 24.4 Å². The van der Waals surface area contributed by atoms with Crippen molar-refractivity contribution in [3.8, 4) is 11.1 Å². The maximum atomic E-state index is 13.1. The van der Waals surface area contributed by atoms with Gasteiger partial charge in [0.2, 0.25) is 5.91 Å². The van der Waals surface area contributed by atoms with Crippen LogP contribution >= 0.6 is 0 Å². The van der Waals surface area contributed by atoms with E-state index in [1.165, 1.54) is 16.0 Å². The van der Waals surface area contributed by atoms with E-state index in [4.69, 9.17) is 9.47 Å². The van der Waals surface area contributed by atoms with Crippen LogP contribution in [-0.2, 0) is 19.1 Å². The van der Waals surface area contributed by atoms with Crippen LogP contribution in [0.15, 0.2) is 48.5 Å². The summed E-state index contributed by atoms with van der Waals surface area (Å²) in [5.74, 6) is -1.57. The molecule has 1 saturated heterocycles. The molecule has 0 bridgehead atoms. The first-order chi connectivity index (χ1) is 16.9. The number of carbonyl (C=O) groups excluding carboxylic acids is 2. The second kappa shape index (κ2) is 9.70. The summed E-state index contributed by atoms with van der Waals surface area (Å²) in [6, 6.07) is 15.2. The Kier molecular flexibility index (Phi) is 6.47. The van der Waals surface area contributed by atoms with Crippen LogP contribution in [0.3, 0.4) is 0 Å². The lowest BCUT2D eigenvalue weighted by molar-refractivity contribution is -0.166. The number of aliphatic carboxylic acids is 1. The first kappa shape index (κ1) is 23.4. The van der Waals surface area contributed by atoms with Crippen molar-refractivity contribution in [3.63, 3.8) is 0 Å². The molecule has 5 rings (SSSR count). The number of ether oxygens (including phenoxy) is 2. The standard InChI is InChI=1S/C27H30N2O6/c1-16-24(26(31)32)29(12-13-34-16)25(30)17-10-11-18(14-17)28-27(33)35-15-23-21-8-4-2-6-19(21)20-7-3-5-9-22(20)23/h2-9,16-18,23-24H,10-15H2,1H3,(H,28,33)(H,31,32). The normalized spacial score (nSPS) is 25.6. The van der Waals surface area contributed by atoms with Crippen molar-refractivity contribution in [3.05, 3.63) is 59.7 Å².